The van der Waals surface area contributed by atoms with Gasteiger partial charge in [0.25, 0.3) is 5.56 Å². The lowest BCUT2D eigenvalue weighted by Gasteiger charge is -2.24. The van der Waals surface area contributed by atoms with Crippen molar-refractivity contribution in [3.8, 4) is 0 Å². The number of rotatable bonds is 4. The zero-order valence-electron chi connectivity index (χ0n) is 17.4. The molecule has 1 aliphatic rings. The van der Waals surface area contributed by atoms with Crippen LogP contribution in [0.2, 0.25) is 0 Å². The first kappa shape index (κ1) is 21.5. The summed E-state index contributed by atoms with van der Waals surface area (Å²) in [6.45, 7) is 5.81. The molecular weight excluding hydrogens is 476 g/mol. The van der Waals surface area contributed by atoms with Gasteiger partial charge in [0.2, 0.25) is 0 Å². The molecule has 4 rings (SSSR count). The molecule has 0 saturated carbocycles. The normalized spacial score (nSPS) is 16.1. The number of ether oxygens (including phenoxy) is 1. The molecule has 0 N–H and O–H groups in total. The largest absolute Gasteiger partial charge is 0.463 e. The molecule has 1 aliphatic heterocycles. The van der Waals surface area contributed by atoms with Crippen molar-refractivity contribution in [2.24, 2.45) is 4.99 Å². The van der Waals surface area contributed by atoms with Gasteiger partial charge in [-0.1, -0.05) is 69.2 Å². The van der Waals surface area contributed by atoms with Gasteiger partial charge in [-0.2, -0.15) is 0 Å². The van der Waals surface area contributed by atoms with E-state index in [0.29, 0.717) is 20.6 Å². The quantitative estimate of drug-likeness (QED) is 0.515. The summed E-state index contributed by atoms with van der Waals surface area (Å²) < 4.78 is 8.42. The molecule has 5 nitrogen and oxygen atoms in total. The number of hydrogen-bond acceptors (Lipinski definition) is 5. The highest BCUT2D eigenvalue weighted by Gasteiger charge is 2.33. The summed E-state index contributed by atoms with van der Waals surface area (Å²) in [5.74, 6) is -0.449. The summed E-state index contributed by atoms with van der Waals surface area (Å²) in [5.41, 5.74) is 3.64. The Morgan fingerprint density at radius 3 is 2.65 bits per heavy atom. The number of benzene rings is 2. The summed E-state index contributed by atoms with van der Waals surface area (Å²) in [7, 11) is 0. The molecule has 0 amide bonds. The van der Waals surface area contributed by atoms with E-state index in [1.54, 1.807) is 18.4 Å². The smallest absolute Gasteiger partial charge is 0.338 e. The molecule has 1 unspecified atom stereocenters. The summed E-state index contributed by atoms with van der Waals surface area (Å²) in [4.78, 5) is 31.5. The van der Waals surface area contributed by atoms with Gasteiger partial charge in [0, 0.05) is 4.47 Å². The predicted molar refractivity (Wildman–Crippen MR) is 126 cm³/mol. The Bertz CT molecular complexity index is 1370. The van der Waals surface area contributed by atoms with Gasteiger partial charge in [-0.25, -0.2) is 9.79 Å². The number of carbonyl (C=O) groups is 1. The minimum Gasteiger partial charge on any atom is -0.463 e. The van der Waals surface area contributed by atoms with Gasteiger partial charge < -0.3 is 4.74 Å². The Kier molecular flexibility index (Phi) is 6.07. The van der Waals surface area contributed by atoms with E-state index in [1.165, 1.54) is 11.3 Å². The van der Waals surface area contributed by atoms with Gasteiger partial charge in [-0.15, -0.1) is 0 Å². The standard InChI is InChI=1S/C24H21BrN2O3S/c1-4-30-23(29)20-15(3)26-24-27(21(20)17-10-8-14(2)9-11-17)22(28)19(31-24)13-16-6-5-7-18(25)12-16/h5-13,21H,4H2,1-3H3/b19-13-. The van der Waals surface area contributed by atoms with E-state index in [-0.39, 0.29) is 12.2 Å². The molecule has 0 aliphatic carbocycles. The lowest BCUT2D eigenvalue weighted by Crippen LogP contribution is -2.39. The molecule has 0 spiro atoms. The molecular formula is C24H21BrN2O3S. The van der Waals surface area contributed by atoms with E-state index in [4.69, 9.17) is 4.74 Å². The zero-order chi connectivity index (χ0) is 22.1. The summed E-state index contributed by atoms with van der Waals surface area (Å²) >= 11 is 4.79. The van der Waals surface area contributed by atoms with E-state index >= 15 is 0 Å². The van der Waals surface area contributed by atoms with Crippen molar-refractivity contribution in [1.82, 2.24) is 4.57 Å². The molecule has 0 radical (unpaired) electrons. The van der Waals surface area contributed by atoms with Crippen LogP contribution in [0.4, 0.5) is 0 Å². The van der Waals surface area contributed by atoms with Gasteiger partial charge in [0.05, 0.1) is 28.5 Å². The second-order valence-corrected chi connectivity index (χ2v) is 9.19. The molecule has 1 aromatic heterocycles. The van der Waals surface area contributed by atoms with Crippen molar-refractivity contribution >= 4 is 39.3 Å². The van der Waals surface area contributed by atoms with Crippen molar-refractivity contribution in [2.45, 2.75) is 26.8 Å². The SMILES string of the molecule is CCOC(=O)C1=C(C)N=c2s/c(=C\c3cccc(Br)c3)c(=O)n2C1c1ccc(C)cc1. The van der Waals surface area contributed by atoms with Crippen molar-refractivity contribution in [1.29, 1.82) is 0 Å². The first-order chi connectivity index (χ1) is 14.9. The maximum absolute atomic E-state index is 13.5. The Morgan fingerprint density at radius 1 is 1.23 bits per heavy atom. The number of aromatic nitrogens is 1. The van der Waals surface area contributed by atoms with Crippen LogP contribution in [0.5, 0.6) is 0 Å². The molecule has 0 bridgehead atoms. The summed E-state index contributed by atoms with van der Waals surface area (Å²) in [6, 6.07) is 15.0. The summed E-state index contributed by atoms with van der Waals surface area (Å²) in [6.07, 6.45) is 1.85. The highest BCUT2D eigenvalue weighted by atomic mass is 79.9. The Labute approximate surface area is 192 Å². The topological polar surface area (TPSA) is 60.7 Å². The van der Waals surface area contributed by atoms with Crippen LogP contribution < -0.4 is 14.9 Å². The third kappa shape index (κ3) is 4.20. The van der Waals surface area contributed by atoms with E-state index in [9.17, 15) is 9.59 Å². The fourth-order valence-electron chi connectivity index (χ4n) is 3.60. The lowest BCUT2D eigenvalue weighted by molar-refractivity contribution is -0.139. The van der Waals surface area contributed by atoms with E-state index < -0.39 is 12.0 Å². The van der Waals surface area contributed by atoms with Crippen molar-refractivity contribution < 1.29 is 9.53 Å². The monoisotopic (exact) mass is 496 g/mol. The average Bonchev–Trinajstić information content (AvgIpc) is 3.02. The minimum absolute atomic E-state index is 0.177. The van der Waals surface area contributed by atoms with Gasteiger partial charge in [-0.3, -0.25) is 9.36 Å². The molecule has 7 heteroatoms. The Morgan fingerprint density at radius 2 is 1.97 bits per heavy atom. The molecule has 0 fully saturated rings. The van der Waals surface area contributed by atoms with Gasteiger partial charge in [0.1, 0.15) is 0 Å². The Hall–Kier alpha value is -2.77. The number of aryl methyl sites for hydroxylation is 1. The third-order valence-corrected chi connectivity index (χ3v) is 6.53. The number of nitrogens with zero attached hydrogens (tertiary/aromatic N) is 2. The highest BCUT2D eigenvalue weighted by Crippen LogP contribution is 2.30. The second-order valence-electron chi connectivity index (χ2n) is 7.27. The fourth-order valence-corrected chi connectivity index (χ4v) is 5.07. The number of esters is 1. The number of allylic oxidation sites excluding steroid dienone is 1. The highest BCUT2D eigenvalue weighted by molar-refractivity contribution is 9.10. The lowest BCUT2D eigenvalue weighted by atomic mass is 9.95. The first-order valence-corrected chi connectivity index (χ1v) is 11.5. The molecule has 158 valence electrons. The third-order valence-electron chi connectivity index (χ3n) is 5.06. The van der Waals surface area contributed by atoms with Gasteiger partial charge >= 0.3 is 5.97 Å². The fraction of sp³-hybridized carbons (Fsp3) is 0.208. The Balaban J connectivity index is 1.96. The molecule has 2 aromatic carbocycles. The van der Waals surface area contributed by atoms with E-state index in [2.05, 4.69) is 20.9 Å². The number of carbonyl (C=O) groups excluding carboxylic acids is 1. The van der Waals surface area contributed by atoms with Crippen LogP contribution in [-0.2, 0) is 9.53 Å². The maximum Gasteiger partial charge on any atom is 0.338 e. The molecule has 3 aromatic rings. The van der Waals surface area contributed by atoms with Crippen LogP contribution >= 0.6 is 27.3 Å². The van der Waals surface area contributed by atoms with Crippen LogP contribution in [0, 0.1) is 6.92 Å². The number of hydrogen-bond donors (Lipinski definition) is 0. The number of halogens is 1. The van der Waals surface area contributed by atoms with Crippen molar-refractivity contribution in [3.63, 3.8) is 0 Å². The zero-order valence-corrected chi connectivity index (χ0v) is 19.8. The second kappa shape index (κ2) is 8.77. The molecule has 0 saturated heterocycles. The first-order valence-electron chi connectivity index (χ1n) is 9.91. The van der Waals surface area contributed by atoms with Crippen molar-refractivity contribution in [2.75, 3.05) is 6.61 Å². The average molecular weight is 497 g/mol. The van der Waals surface area contributed by atoms with Crippen LogP contribution in [0.3, 0.4) is 0 Å². The molecule has 1 atom stereocenters. The van der Waals surface area contributed by atoms with Crippen LogP contribution in [-0.4, -0.2) is 17.1 Å². The van der Waals surface area contributed by atoms with E-state index in [0.717, 1.165) is 21.2 Å². The van der Waals surface area contributed by atoms with Crippen LogP contribution in [0.15, 0.2) is 74.1 Å². The number of fused-ring (bicyclic) bond motifs is 1. The maximum atomic E-state index is 13.5. The van der Waals surface area contributed by atoms with Gasteiger partial charge in [0.15, 0.2) is 4.80 Å². The van der Waals surface area contributed by atoms with Crippen molar-refractivity contribution in [3.05, 3.63) is 101 Å². The molecule has 31 heavy (non-hydrogen) atoms. The van der Waals surface area contributed by atoms with E-state index in [1.807, 2.05) is 61.5 Å². The van der Waals surface area contributed by atoms with Gasteiger partial charge in [-0.05, 0) is 50.1 Å². The van der Waals surface area contributed by atoms with Crippen LogP contribution in [0.1, 0.15) is 36.6 Å². The minimum atomic E-state index is -0.583. The predicted octanol–water partition coefficient (Wildman–Crippen LogP) is 3.87. The van der Waals surface area contributed by atoms with Crippen LogP contribution in [0.25, 0.3) is 6.08 Å². The number of thiazole rings is 1. The molecule has 2 heterocycles. The summed E-state index contributed by atoms with van der Waals surface area (Å²) in [5, 5.41) is 0.